The molecule has 1 aromatic rings. The molecule has 0 spiro atoms. The highest BCUT2D eigenvalue weighted by Crippen LogP contribution is 2.28. The summed E-state index contributed by atoms with van der Waals surface area (Å²) >= 11 is 0. The molecule has 0 bridgehead atoms. The second-order valence-corrected chi connectivity index (χ2v) is 6.52. The van der Waals surface area contributed by atoms with Gasteiger partial charge in [0.1, 0.15) is 0 Å². The molecule has 7 nitrogen and oxygen atoms in total. The number of nitrogens with zero attached hydrogens (tertiary/aromatic N) is 2. The first kappa shape index (κ1) is 21.3. The van der Waals surface area contributed by atoms with E-state index in [4.69, 9.17) is 19.9 Å². The maximum Gasteiger partial charge on any atom is 0.188 e. The average Bonchev–Trinajstić information content (AvgIpc) is 2.70. The van der Waals surface area contributed by atoms with Gasteiger partial charge >= 0.3 is 0 Å². The lowest BCUT2D eigenvalue weighted by molar-refractivity contribution is 0.0376. The van der Waals surface area contributed by atoms with Crippen LogP contribution in [0.15, 0.2) is 23.2 Å². The molecule has 152 valence electrons. The van der Waals surface area contributed by atoms with Crippen molar-refractivity contribution in [1.82, 2.24) is 10.2 Å². The Labute approximate surface area is 162 Å². The highest BCUT2D eigenvalue weighted by Gasteiger charge is 2.09. The maximum atomic E-state index is 5.94. The number of ether oxygens (including phenoxy) is 3. The zero-order valence-electron chi connectivity index (χ0n) is 16.7. The Kier molecular flexibility index (Phi) is 9.79. The van der Waals surface area contributed by atoms with Crippen LogP contribution in [0.25, 0.3) is 0 Å². The first-order valence-electron chi connectivity index (χ1n) is 9.86. The van der Waals surface area contributed by atoms with E-state index in [1.807, 2.05) is 19.1 Å². The van der Waals surface area contributed by atoms with Crippen molar-refractivity contribution in [2.24, 2.45) is 10.7 Å². The Balaban J connectivity index is 1.62. The van der Waals surface area contributed by atoms with Gasteiger partial charge in [-0.3, -0.25) is 9.89 Å². The van der Waals surface area contributed by atoms with Crippen LogP contribution in [-0.2, 0) is 11.2 Å². The molecule has 27 heavy (non-hydrogen) atoms. The zero-order valence-corrected chi connectivity index (χ0v) is 16.7. The highest BCUT2D eigenvalue weighted by molar-refractivity contribution is 5.77. The normalized spacial score (nSPS) is 15.6. The Bertz CT molecular complexity index is 574. The van der Waals surface area contributed by atoms with Gasteiger partial charge in [-0.25, -0.2) is 0 Å². The summed E-state index contributed by atoms with van der Waals surface area (Å²) in [5.74, 6) is 2.09. The second-order valence-electron chi connectivity index (χ2n) is 6.52. The summed E-state index contributed by atoms with van der Waals surface area (Å²) in [5.41, 5.74) is 7.16. The van der Waals surface area contributed by atoms with Crippen LogP contribution >= 0.6 is 0 Å². The standard InChI is InChI=1S/C20H34N4O3/c1-3-27-19-16-17(7-8-18(19)25-2)6-4-9-22-20(21)23-10-5-11-24-12-14-26-15-13-24/h7-8,16H,3-6,9-15H2,1-2H3,(H3,21,22,23). The third-order valence-electron chi connectivity index (χ3n) is 4.49. The number of hydrogen-bond donors (Lipinski definition) is 2. The molecule has 0 atom stereocenters. The van der Waals surface area contributed by atoms with Crippen molar-refractivity contribution in [3.05, 3.63) is 23.8 Å². The summed E-state index contributed by atoms with van der Waals surface area (Å²) in [6, 6.07) is 6.06. The molecule has 0 aliphatic carbocycles. The SMILES string of the molecule is CCOc1cc(CCCN=C(N)NCCCN2CCOCC2)ccc1OC. The van der Waals surface area contributed by atoms with E-state index in [0.29, 0.717) is 19.1 Å². The molecule has 1 heterocycles. The van der Waals surface area contributed by atoms with Gasteiger partial charge in [0.15, 0.2) is 17.5 Å². The Hall–Kier alpha value is -1.99. The molecule has 0 saturated carbocycles. The Morgan fingerprint density at radius 2 is 2.07 bits per heavy atom. The van der Waals surface area contributed by atoms with Gasteiger partial charge in [0, 0.05) is 26.2 Å². The van der Waals surface area contributed by atoms with E-state index in [9.17, 15) is 0 Å². The van der Waals surface area contributed by atoms with Crippen molar-refractivity contribution in [2.75, 3.05) is 59.7 Å². The summed E-state index contributed by atoms with van der Waals surface area (Å²) in [6.07, 6.45) is 2.92. The van der Waals surface area contributed by atoms with Gasteiger partial charge in [-0.2, -0.15) is 0 Å². The number of morpholine rings is 1. The fourth-order valence-electron chi connectivity index (χ4n) is 3.03. The summed E-state index contributed by atoms with van der Waals surface area (Å²) < 4.78 is 16.3. The lowest BCUT2D eigenvalue weighted by atomic mass is 10.1. The topological polar surface area (TPSA) is 81.3 Å². The third kappa shape index (κ3) is 8.05. The summed E-state index contributed by atoms with van der Waals surface area (Å²) in [6.45, 7) is 8.97. The van der Waals surface area contributed by atoms with Crippen LogP contribution in [0, 0.1) is 0 Å². The fraction of sp³-hybridized carbons (Fsp3) is 0.650. The van der Waals surface area contributed by atoms with E-state index in [1.54, 1.807) is 7.11 Å². The molecule has 2 rings (SSSR count). The smallest absolute Gasteiger partial charge is 0.188 e. The highest BCUT2D eigenvalue weighted by atomic mass is 16.5. The Morgan fingerprint density at radius 1 is 1.26 bits per heavy atom. The van der Waals surface area contributed by atoms with Crippen LogP contribution in [-0.4, -0.2) is 70.5 Å². The van der Waals surface area contributed by atoms with Crippen LogP contribution in [0.2, 0.25) is 0 Å². The van der Waals surface area contributed by atoms with Crippen molar-refractivity contribution < 1.29 is 14.2 Å². The van der Waals surface area contributed by atoms with E-state index < -0.39 is 0 Å². The number of benzene rings is 1. The van der Waals surface area contributed by atoms with E-state index in [2.05, 4.69) is 21.3 Å². The van der Waals surface area contributed by atoms with E-state index in [0.717, 1.165) is 70.2 Å². The molecule has 0 unspecified atom stereocenters. The molecule has 0 amide bonds. The minimum Gasteiger partial charge on any atom is -0.493 e. The molecule has 1 aliphatic rings. The molecule has 1 saturated heterocycles. The van der Waals surface area contributed by atoms with Gasteiger partial charge in [-0.1, -0.05) is 6.07 Å². The number of hydrogen-bond acceptors (Lipinski definition) is 5. The van der Waals surface area contributed by atoms with Crippen LogP contribution in [0.5, 0.6) is 11.5 Å². The van der Waals surface area contributed by atoms with E-state index >= 15 is 0 Å². The minimum atomic E-state index is 0.529. The van der Waals surface area contributed by atoms with Crippen LogP contribution in [0.4, 0.5) is 0 Å². The first-order chi connectivity index (χ1) is 13.2. The monoisotopic (exact) mass is 378 g/mol. The molecule has 7 heteroatoms. The van der Waals surface area contributed by atoms with Crippen LogP contribution < -0.4 is 20.5 Å². The lowest BCUT2D eigenvalue weighted by Crippen LogP contribution is -2.39. The fourth-order valence-corrected chi connectivity index (χ4v) is 3.03. The van der Waals surface area contributed by atoms with Crippen molar-refractivity contribution in [1.29, 1.82) is 0 Å². The average molecular weight is 379 g/mol. The third-order valence-corrected chi connectivity index (χ3v) is 4.49. The predicted molar refractivity (Wildman–Crippen MR) is 109 cm³/mol. The van der Waals surface area contributed by atoms with Crippen molar-refractivity contribution in [3.8, 4) is 11.5 Å². The molecule has 1 fully saturated rings. The van der Waals surface area contributed by atoms with Crippen molar-refractivity contribution in [3.63, 3.8) is 0 Å². The van der Waals surface area contributed by atoms with Crippen molar-refractivity contribution in [2.45, 2.75) is 26.2 Å². The number of nitrogens with one attached hydrogen (secondary N) is 1. The largest absolute Gasteiger partial charge is 0.493 e. The molecular weight excluding hydrogens is 344 g/mol. The molecule has 3 N–H and O–H groups in total. The lowest BCUT2D eigenvalue weighted by Gasteiger charge is -2.26. The predicted octanol–water partition coefficient (Wildman–Crippen LogP) is 1.65. The van der Waals surface area contributed by atoms with Gasteiger partial charge in [0.25, 0.3) is 0 Å². The number of guanidine groups is 1. The number of nitrogens with two attached hydrogens (primary N) is 1. The van der Waals surface area contributed by atoms with Gasteiger partial charge in [-0.15, -0.1) is 0 Å². The minimum absolute atomic E-state index is 0.529. The molecule has 0 radical (unpaired) electrons. The van der Waals surface area contributed by atoms with E-state index in [1.165, 1.54) is 5.56 Å². The quantitative estimate of drug-likeness (QED) is 0.346. The maximum absolute atomic E-state index is 5.94. The zero-order chi connectivity index (χ0) is 19.3. The Morgan fingerprint density at radius 3 is 2.81 bits per heavy atom. The van der Waals surface area contributed by atoms with Crippen molar-refractivity contribution >= 4 is 5.96 Å². The van der Waals surface area contributed by atoms with E-state index in [-0.39, 0.29) is 0 Å². The molecule has 1 aliphatic heterocycles. The van der Waals surface area contributed by atoms with Gasteiger partial charge < -0.3 is 25.3 Å². The molecular formula is C20H34N4O3. The number of rotatable bonds is 11. The van der Waals surface area contributed by atoms with Gasteiger partial charge in [0.05, 0.1) is 26.9 Å². The summed E-state index contributed by atoms with van der Waals surface area (Å²) in [5, 5.41) is 3.20. The van der Waals surface area contributed by atoms with Gasteiger partial charge in [0.2, 0.25) is 0 Å². The van der Waals surface area contributed by atoms with Crippen LogP contribution in [0.1, 0.15) is 25.3 Å². The number of aryl methyl sites for hydroxylation is 1. The number of aliphatic imine (C=N–C) groups is 1. The summed E-state index contributed by atoms with van der Waals surface area (Å²) in [7, 11) is 1.66. The first-order valence-corrected chi connectivity index (χ1v) is 9.86. The summed E-state index contributed by atoms with van der Waals surface area (Å²) in [4.78, 5) is 6.83. The number of methoxy groups -OCH3 is 1. The van der Waals surface area contributed by atoms with Gasteiger partial charge in [-0.05, 0) is 50.4 Å². The molecule has 0 aromatic heterocycles. The van der Waals surface area contributed by atoms with Crippen LogP contribution in [0.3, 0.4) is 0 Å². The molecule has 1 aromatic carbocycles. The second kappa shape index (κ2) is 12.4.